The smallest absolute Gasteiger partial charge is 0.414 e. The van der Waals surface area contributed by atoms with Gasteiger partial charge in [0, 0.05) is 12.7 Å². The van der Waals surface area contributed by atoms with Gasteiger partial charge in [0.1, 0.15) is 0 Å². The van der Waals surface area contributed by atoms with E-state index in [-0.39, 0.29) is 11.5 Å². The van der Waals surface area contributed by atoms with E-state index in [1.165, 1.54) is 17.0 Å². The lowest BCUT2D eigenvalue weighted by atomic mass is 10.2. The molecule has 0 spiro atoms. The van der Waals surface area contributed by atoms with Crippen molar-refractivity contribution in [1.82, 2.24) is 0 Å². The molecule has 0 unspecified atom stereocenters. The summed E-state index contributed by atoms with van der Waals surface area (Å²) in [5.41, 5.74) is 0.774. The van der Waals surface area contributed by atoms with Gasteiger partial charge in [-0.3, -0.25) is 4.90 Å². The van der Waals surface area contributed by atoms with Crippen LogP contribution in [-0.4, -0.2) is 30.8 Å². The van der Waals surface area contributed by atoms with Gasteiger partial charge in [-0.2, -0.15) is 0 Å². The second-order valence-electron chi connectivity index (χ2n) is 4.38. The molecule has 1 aromatic carbocycles. The summed E-state index contributed by atoms with van der Waals surface area (Å²) in [5.74, 6) is -0.719. The highest BCUT2D eigenvalue weighted by atomic mass is 16.6. The third-order valence-electron chi connectivity index (χ3n) is 2.32. The van der Waals surface area contributed by atoms with Crippen LogP contribution in [0.15, 0.2) is 24.3 Å². The standard InChI is InChI=1S/C13H17NO4/c1-9(2)8-18-13(17)14(3)11-6-4-10(5-7-11)12(15)16/h4-7,9H,8H2,1-3H3,(H,15,16). The van der Waals surface area contributed by atoms with Gasteiger partial charge in [-0.05, 0) is 30.2 Å². The van der Waals surface area contributed by atoms with Gasteiger partial charge in [-0.25, -0.2) is 9.59 Å². The van der Waals surface area contributed by atoms with Crippen molar-refractivity contribution in [3.05, 3.63) is 29.8 Å². The molecule has 1 amide bonds. The first-order valence-corrected chi connectivity index (χ1v) is 5.65. The molecule has 0 bridgehead atoms. The van der Waals surface area contributed by atoms with Gasteiger partial charge >= 0.3 is 12.1 Å². The van der Waals surface area contributed by atoms with E-state index in [0.29, 0.717) is 12.3 Å². The lowest BCUT2D eigenvalue weighted by molar-refractivity contribution is 0.0697. The van der Waals surface area contributed by atoms with Gasteiger partial charge in [0.25, 0.3) is 0 Å². The Morgan fingerprint density at radius 1 is 1.28 bits per heavy atom. The minimum absolute atomic E-state index is 0.183. The molecule has 0 radical (unpaired) electrons. The largest absolute Gasteiger partial charge is 0.478 e. The zero-order valence-corrected chi connectivity index (χ0v) is 10.7. The van der Waals surface area contributed by atoms with Crippen LogP contribution in [0, 0.1) is 5.92 Å². The van der Waals surface area contributed by atoms with Gasteiger partial charge in [0.15, 0.2) is 0 Å². The molecule has 0 atom stereocenters. The van der Waals surface area contributed by atoms with E-state index >= 15 is 0 Å². The Hall–Kier alpha value is -2.04. The van der Waals surface area contributed by atoms with Crippen LogP contribution in [0.3, 0.4) is 0 Å². The van der Waals surface area contributed by atoms with Crippen LogP contribution in [0.5, 0.6) is 0 Å². The van der Waals surface area contributed by atoms with Gasteiger partial charge in [-0.15, -0.1) is 0 Å². The summed E-state index contributed by atoms with van der Waals surface area (Å²) in [4.78, 5) is 23.7. The Kier molecular flexibility index (Phi) is 4.71. The molecular formula is C13H17NO4. The fourth-order valence-electron chi connectivity index (χ4n) is 1.27. The minimum atomic E-state index is -0.994. The highest BCUT2D eigenvalue weighted by Gasteiger charge is 2.13. The van der Waals surface area contributed by atoms with Crippen molar-refractivity contribution in [3.8, 4) is 0 Å². The van der Waals surface area contributed by atoms with Gasteiger partial charge < -0.3 is 9.84 Å². The maximum absolute atomic E-state index is 11.7. The molecule has 1 rings (SSSR count). The van der Waals surface area contributed by atoms with Crippen LogP contribution < -0.4 is 4.90 Å². The number of nitrogens with zero attached hydrogens (tertiary/aromatic N) is 1. The third kappa shape index (κ3) is 3.76. The molecule has 0 heterocycles. The Balaban J connectivity index is 2.68. The van der Waals surface area contributed by atoms with E-state index in [0.717, 1.165) is 0 Å². The number of carboxylic acids is 1. The molecule has 5 heteroatoms. The molecule has 0 fully saturated rings. The van der Waals surface area contributed by atoms with Gasteiger partial charge in [0.05, 0.1) is 12.2 Å². The van der Waals surface area contributed by atoms with Crippen LogP contribution in [0.2, 0.25) is 0 Å². The average molecular weight is 251 g/mol. The minimum Gasteiger partial charge on any atom is -0.478 e. The lowest BCUT2D eigenvalue weighted by Gasteiger charge is -2.18. The number of hydrogen-bond donors (Lipinski definition) is 1. The predicted molar refractivity (Wildman–Crippen MR) is 68.0 cm³/mol. The zero-order chi connectivity index (χ0) is 13.7. The SMILES string of the molecule is CC(C)COC(=O)N(C)c1ccc(C(=O)O)cc1. The Labute approximate surface area is 106 Å². The molecule has 5 nitrogen and oxygen atoms in total. The number of amides is 1. The molecule has 0 aliphatic carbocycles. The second-order valence-corrected chi connectivity index (χ2v) is 4.38. The van der Waals surface area contributed by atoms with Crippen molar-refractivity contribution in [2.45, 2.75) is 13.8 Å². The van der Waals surface area contributed by atoms with Crippen molar-refractivity contribution in [2.24, 2.45) is 5.92 Å². The number of aromatic carboxylic acids is 1. The summed E-state index contributed by atoms with van der Waals surface area (Å²) in [6.07, 6.45) is -0.452. The summed E-state index contributed by atoms with van der Waals surface area (Å²) < 4.78 is 5.07. The number of rotatable bonds is 4. The maximum Gasteiger partial charge on any atom is 0.414 e. The quantitative estimate of drug-likeness (QED) is 0.893. The molecular weight excluding hydrogens is 234 g/mol. The fraction of sp³-hybridized carbons (Fsp3) is 0.385. The normalized spacial score (nSPS) is 10.2. The molecule has 0 aliphatic heterocycles. The summed E-state index contributed by atoms with van der Waals surface area (Å²) in [6, 6.07) is 6.04. The van der Waals surface area contributed by atoms with E-state index in [2.05, 4.69) is 0 Å². The highest BCUT2D eigenvalue weighted by molar-refractivity contribution is 5.90. The van der Waals surface area contributed by atoms with Crippen molar-refractivity contribution < 1.29 is 19.4 Å². The molecule has 18 heavy (non-hydrogen) atoms. The van der Waals surface area contributed by atoms with E-state index in [4.69, 9.17) is 9.84 Å². The monoisotopic (exact) mass is 251 g/mol. The van der Waals surface area contributed by atoms with Crippen LogP contribution in [-0.2, 0) is 4.74 Å². The zero-order valence-electron chi connectivity index (χ0n) is 10.7. The number of ether oxygens (including phenoxy) is 1. The molecule has 0 saturated carbocycles. The van der Waals surface area contributed by atoms with Crippen molar-refractivity contribution in [1.29, 1.82) is 0 Å². The van der Waals surface area contributed by atoms with E-state index in [1.54, 1.807) is 19.2 Å². The Bertz CT molecular complexity index is 425. The number of carbonyl (C=O) groups is 2. The maximum atomic E-state index is 11.7. The molecule has 0 saturated heterocycles. The molecule has 0 aromatic heterocycles. The second kappa shape index (κ2) is 6.05. The van der Waals surface area contributed by atoms with Crippen molar-refractivity contribution >= 4 is 17.7 Å². The van der Waals surface area contributed by atoms with E-state index in [9.17, 15) is 9.59 Å². The van der Waals surface area contributed by atoms with E-state index in [1.807, 2.05) is 13.8 Å². The third-order valence-corrected chi connectivity index (χ3v) is 2.32. The number of carbonyl (C=O) groups excluding carboxylic acids is 1. The number of benzene rings is 1. The van der Waals surface area contributed by atoms with Gasteiger partial charge in [0.2, 0.25) is 0 Å². The number of anilines is 1. The number of hydrogen-bond acceptors (Lipinski definition) is 3. The summed E-state index contributed by atoms with van der Waals surface area (Å²) in [5, 5.41) is 8.76. The van der Waals surface area contributed by atoms with Crippen molar-refractivity contribution in [3.63, 3.8) is 0 Å². The van der Waals surface area contributed by atoms with E-state index < -0.39 is 12.1 Å². The summed E-state index contributed by atoms with van der Waals surface area (Å²) in [7, 11) is 1.58. The highest BCUT2D eigenvalue weighted by Crippen LogP contribution is 2.15. The van der Waals surface area contributed by atoms with Crippen LogP contribution in [0.4, 0.5) is 10.5 Å². The fourth-order valence-corrected chi connectivity index (χ4v) is 1.27. The Morgan fingerprint density at radius 3 is 2.28 bits per heavy atom. The Morgan fingerprint density at radius 2 is 1.83 bits per heavy atom. The summed E-state index contributed by atoms with van der Waals surface area (Å²) in [6.45, 7) is 4.26. The van der Waals surface area contributed by atoms with Crippen LogP contribution in [0.25, 0.3) is 0 Å². The lowest BCUT2D eigenvalue weighted by Crippen LogP contribution is -2.28. The first kappa shape index (κ1) is 14.0. The first-order chi connectivity index (χ1) is 8.41. The molecule has 1 aromatic rings. The number of carboxylic acid groups (broad SMARTS) is 1. The van der Waals surface area contributed by atoms with Crippen molar-refractivity contribution in [2.75, 3.05) is 18.6 Å². The molecule has 98 valence electrons. The summed E-state index contributed by atoms with van der Waals surface area (Å²) >= 11 is 0. The predicted octanol–water partition coefficient (Wildman–Crippen LogP) is 2.61. The van der Waals surface area contributed by atoms with Crippen LogP contribution >= 0.6 is 0 Å². The molecule has 0 aliphatic rings. The van der Waals surface area contributed by atoms with Gasteiger partial charge in [-0.1, -0.05) is 13.8 Å². The molecule has 1 N–H and O–H groups in total. The van der Waals surface area contributed by atoms with Crippen LogP contribution in [0.1, 0.15) is 24.2 Å². The topological polar surface area (TPSA) is 66.8 Å². The first-order valence-electron chi connectivity index (χ1n) is 5.65. The average Bonchev–Trinajstić information content (AvgIpc) is 2.35.